The maximum absolute atomic E-state index is 5.72. The van der Waals surface area contributed by atoms with Gasteiger partial charge in [-0.25, -0.2) is 0 Å². The molecule has 1 heterocycles. The highest BCUT2D eigenvalue weighted by atomic mass is 127. The molecule has 0 aliphatic carbocycles. The Morgan fingerprint density at radius 3 is 2.67 bits per heavy atom. The van der Waals surface area contributed by atoms with E-state index in [2.05, 4.69) is 60.2 Å². The number of nitrogens with one attached hydrogen (secondary N) is 1. The zero-order valence-electron chi connectivity index (χ0n) is 15.4. The molecule has 1 aromatic rings. The molecule has 5 heteroatoms. The lowest BCUT2D eigenvalue weighted by molar-refractivity contribution is 0.0264. The lowest BCUT2D eigenvalue weighted by Crippen LogP contribution is -2.47. The molecule has 24 heavy (non-hydrogen) atoms. The second-order valence-corrected chi connectivity index (χ2v) is 6.39. The molecule has 136 valence electrons. The Labute approximate surface area is 164 Å². The number of aryl methyl sites for hydroxylation is 1. The Kier molecular flexibility index (Phi) is 9.66. The number of likely N-dealkylation sites (tertiary alicyclic amines) is 1. The minimum atomic E-state index is 0. The monoisotopic (exact) mass is 445 g/mol. The van der Waals surface area contributed by atoms with Crippen LogP contribution in [0.3, 0.4) is 0 Å². The van der Waals surface area contributed by atoms with Crippen LogP contribution < -0.4 is 5.32 Å². The van der Waals surface area contributed by atoms with Crippen molar-refractivity contribution in [2.45, 2.75) is 45.6 Å². The third-order valence-corrected chi connectivity index (χ3v) is 4.53. The number of halogens is 1. The normalized spacial score (nSPS) is 17.3. The van der Waals surface area contributed by atoms with Crippen LogP contribution in [0.15, 0.2) is 29.3 Å². The standard InChI is InChI=1S/C19H31N3O.HI/c1-5-23-18-9-11-22(12-10-18)19(20-4)21-14-16(3)17-8-6-7-15(2)13-17;/h6-8,13,16,18H,5,9-12,14H2,1-4H3,(H,20,21);1H. The number of nitrogens with zero attached hydrogens (tertiary/aromatic N) is 2. The predicted molar refractivity (Wildman–Crippen MR) is 113 cm³/mol. The van der Waals surface area contributed by atoms with E-state index in [9.17, 15) is 0 Å². The lowest BCUT2D eigenvalue weighted by Gasteiger charge is -2.34. The Bertz CT molecular complexity index is 513. The Hall–Kier alpha value is -0.820. The van der Waals surface area contributed by atoms with E-state index in [4.69, 9.17) is 4.74 Å². The predicted octanol–water partition coefficient (Wildman–Crippen LogP) is 3.79. The molecule has 0 spiro atoms. The van der Waals surface area contributed by atoms with Crippen LogP contribution in [-0.4, -0.2) is 50.3 Å². The van der Waals surface area contributed by atoms with Crippen molar-refractivity contribution in [3.8, 4) is 0 Å². The summed E-state index contributed by atoms with van der Waals surface area (Å²) in [5.41, 5.74) is 2.69. The molecule has 0 amide bonds. The zero-order chi connectivity index (χ0) is 16.7. The number of rotatable bonds is 5. The summed E-state index contributed by atoms with van der Waals surface area (Å²) >= 11 is 0. The average molecular weight is 445 g/mol. The van der Waals surface area contributed by atoms with Crippen LogP contribution in [0, 0.1) is 6.92 Å². The summed E-state index contributed by atoms with van der Waals surface area (Å²) in [4.78, 5) is 6.80. The fraction of sp³-hybridized carbons (Fsp3) is 0.632. The number of hydrogen-bond donors (Lipinski definition) is 1. The van der Waals surface area contributed by atoms with Gasteiger partial charge in [0.1, 0.15) is 0 Å². The molecule has 1 saturated heterocycles. The molecule has 1 fully saturated rings. The highest BCUT2D eigenvalue weighted by molar-refractivity contribution is 14.0. The van der Waals surface area contributed by atoms with Gasteiger partial charge in [-0.15, -0.1) is 24.0 Å². The number of hydrogen-bond acceptors (Lipinski definition) is 2. The summed E-state index contributed by atoms with van der Waals surface area (Å²) < 4.78 is 5.72. The van der Waals surface area contributed by atoms with Gasteiger partial charge in [-0.05, 0) is 38.2 Å². The molecule has 1 aliphatic heterocycles. The molecular formula is C19H32IN3O. The van der Waals surface area contributed by atoms with Gasteiger partial charge < -0.3 is 15.0 Å². The summed E-state index contributed by atoms with van der Waals surface area (Å²) in [5, 5.41) is 3.54. The van der Waals surface area contributed by atoms with Gasteiger partial charge in [0.15, 0.2) is 5.96 Å². The molecule has 1 N–H and O–H groups in total. The second-order valence-electron chi connectivity index (χ2n) is 6.39. The summed E-state index contributed by atoms with van der Waals surface area (Å²) in [7, 11) is 1.87. The van der Waals surface area contributed by atoms with Gasteiger partial charge in [0.05, 0.1) is 6.10 Å². The zero-order valence-corrected chi connectivity index (χ0v) is 17.7. The Balaban J connectivity index is 0.00000288. The molecular weight excluding hydrogens is 413 g/mol. The highest BCUT2D eigenvalue weighted by Gasteiger charge is 2.21. The Morgan fingerprint density at radius 1 is 1.38 bits per heavy atom. The van der Waals surface area contributed by atoms with Crippen molar-refractivity contribution in [1.82, 2.24) is 10.2 Å². The smallest absolute Gasteiger partial charge is 0.193 e. The minimum absolute atomic E-state index is 0. The molecule has 4 nitrogen and oxygen atoms in total. The maximum atomic E-state index is 5.72. The first-order valence-electron chi connectivity index (χ1n) is 8.77. The Morgan fingerprint density at radius 2 is 2.08 bits per heavy atom. The van der Waals surface area contributed by atoms with Crippen molar-refractivity contribution < 1.29 is 4.74 Å². The van der Waals surface area contributed by atoms with E-state index in [1.54, 1.807) is 0 Å². The van der Waals surface area contributed by atoms with E-state index < -0.39 is 0 Å². The molecule has 1 aliphatic rings. The summed E-state index contributed by atoms with van der Waals surface area (Å²) in [6.45, 7) is 10.2. The van der Waals surface area contributed by atoms with E-state index in [1.807, 2.05) is 7.05 Å². The van der Waals surface area contributed by atoms with Gasteiger partial charge in [0, 0.05) is 33.3 Å². The average Bonchev–Trinajstić information content (AvgIpc) is 2.57. The van der Waals surface area contributed by atoms with Gasteiger partial charge in [-0.2, -0.15) is 0 Å². The SMILES string of the molecule is CCOC1CCN(C(=NC)NCC(C)c2cccc(C)c2)CC1.I. The quantitative estimate of drug-likeness (QED) is 0.426. The van der Waals surface area contributed by atoms with Crippen LogP contribution >= 0.6 is 24.0 Å². The molecule has 0 aromatic heterocycles. The first kappa shape index (κ1) is 21.2. The second kappa shape index (κ2) is 10.9. The van der Waals surface area contributed by atoms with Crippen LogP contribution in [0.2, 0.25) is 0 Å². The number of ether oxygens (including phenoxy) is 1. The minimum Gasteiger partial charge on any atom is -0.378 e. The molecule has 1 unspecified atom stereocenters. The van der Waals surface area contributed by atoms with Gasteiger partial charge in [-0.3, -0.25) is 4.99 Å². The first-order chi connectivity index (χ1) is 11.1. The van der Waals surface area contributed by atoms with Crippen molar-refractivity contribution in [1.29, 1.82) is 0 Å². The van der Waals surface area contributed by atoms with Crippen molar-refractivity contribution in [3.05, 3.63) is 35.4 Å². The molecule has 2 rings (SSSR count). The van der Waals surface area contributed by atoms with Crippen molar-refractivity contribution >= 4 is 29.9 Å². The van der Waals surface area contributed by atoms with Crippen LogP contribution in [0.1, 0.15) is 43.7 Å². The van der Waals surface area contributed by atoms with Crippen LogP contribution in [0.4, 0.5) is 0 Å². The summed E-state index contributed by atoms with van der Waals surface area (Å²) in [5.74, 6) is 1.48. The van der Waals surface area contributed by atoms with E-state index in [-0.39, 0.29) is 24.0 Å². The third kappa shape index (κ3) is 6.24. The van der Waals surface area contributed by atoms with E-state index in [0.29, 0.717) is 12.0 Å². The third-order valence-electron chi connectivity index (χ3n) is 4.53. The van der Waals surface area contributed by atoms with Gasteiger partial charge >= 0.3 is 0 Å². The summed E-state index contributed by atoms with van der Waals surface area (Å²) in [6.07, 6.45) is 2.59. The van der Waals surface area contributed by atoms with Crippen molar-refractivity contribution in [2.24, 2.45) is 4.99 Å². The van der Waals surface area contributed by atoms with Crippen molar-refractivity contribution in [2.75, 3.05) is 33.3 Å². The fourth-order valence-electron chi connectivity index (χ4n) is 3.14. The number of guanidine groups is 1. The molecule has 0 bridgehead atoms. The highest BCUT2D eigenvalue weighted by Crippen LogP contribution is 2.17. The van der Waals surface area contributed by atoms with Crippen LogP contribution in [0.25, 0.3) is 0 Å². The maximum Gasteiger partial charge on any atom is 0.193 e. The van der Waals surface area contributed by atoms with E-state index in [1.165, 1.54) is 11.1 Å². The molecule has 1 aromatic carbocycles. The van der Waals surface area contributed by atoms with Crippen molar-refractivity contribution in [3.63, 3.8) is 0 Å². The largest absolute Gasteiger partial charge is 0.378 e. The molecule has 0 radical (unpaired) electrons. The van der Waals surface area contributed by atoms with Gasteiger partial charge in [0.2, 0.25) is 0 Å². The van der Waals surface area contributed by atoms with E-state index in [0.717, 1.165) is 45.0 Å². The molecule has 0 saturated carbocycles. The fourth-order valence-corrected chi connectivity index (χ4v) is 3.14. The van der Waals surface area contributed by atoms with Crippen LogP contribution in [-0.2, 0) is 4.74 Å². The number of benzene rings is 1. The topological polar surface area (TPSA) is 36.9 Å². The number of aliphatic imine (C=N–C) groups is 1. The van der Waals surface area contributed by atoms with Gasteiger partial charge in [-0.1, -0.05) is 36.8 Å². The first-order valence-corrected chi connectivity index (χ1v) is 8.77. The molecule has 1 atom stereocenters. The van der Waals surface area contributed by atoms with E-state index >= 15 is 0 Å². The lowest BCUT2D eigenvalue weighted by atomic mass is 9.99. The summed E-state index contributed by atoms with van der Waals surface area (Å²) in [6, 6.07) is 8.75. The number of piperidine rings is 1. The van der Waals surface area contributed by atoms with Crippen LogP contribution in [0.5, 0.6) is 0 Å². The van der Waals surface area contributed by atoms with Gasteiger partial charge in [0.25, 0.3) is 0 Å².